The number of fused-ring (bicyclic) bond motifs is 1. The van der Waals surface area contributed by atoms with E-state index in [-0.39, 0.29) is 0 Å². The molecule has 0 fully saturated rings. The van der Waals surface area contributed by atoms with E-state index < -0.39 is 5.63 Å². The van der Waals surface area contributed by atoms with E-state index in [0.29, 0.717) is 50.7 Å². The van der Waals surface area contributed by atoms with E-state index in [1.807, 2.05) is 43.3 Å². The average Bonchev–Trinajstić information content (AvgIpc) is 2.91. The topological polar surface area (TPSA) is 70.4 Å². The van der Waals surface area contributed by atoms with Crippen LogP contribution < -0.4 is 29.5 Å². The van der Waals surface area contributed by atoms with Crippen LogP contribution in [0.4, 0.5) is 5.69 Å². The van der Waals surface area contributed by atoms with Gasteiger partial charge in [0.05, 0.1) is 39.4 Å². The van der Waals surface area contributed by atoms with Crippen molar-refractivity contribution in [1.82, 2.24) is 0 Å². The van der Waals surface area contributed by atoms with Crippen molar-refractivity contribution in [2.45, 2.75) is 0 Å². The van der Waals surface area contributed by atoms with Crippen LogP contribution in [0.3, 0.4) is 0 Å². The second-order valence-electron chi connectivity index (χ2n) is 8.14. The monoisotopic (exact) mass is 485 g/mol. The Bertz CT molecular complexity index is 1500. The van der Waals surface area contributed by atoms with Crippen molar-refractivity contribution in [3.63, 3.8) is 0 Å². The van der Waals surface area contributed by atoms with E-state index in [0.717, 1.165) is 11.3 Å². The highest BCUT2D eigenvalue weighted by Crippen LogP contribution is 2.37. The minimum Gasteiger partial charge on any atom is -0.497 e. The summed E-state index contributed by atoms with van der Waals surface area (Å²) in [5.74, 6) is 8.75. The summed E-state index contributed by atoms with van der Waals surface area (Å²) in [6, 6.07) is 16.5. The summed E-state index contributed by atoms with van der Waals surface area (Å²) in [6.45, 7) is 0. The van der Waals surface area contributed by atoms with Crippen molar-refractivity contribution in [1.29, 1.82) is 0 Å². The Morgan fingerprint density at radius 2 is 1.31 bits per heavy atom. The van der Waals surface area contributed by atoms with Gasteiger partial charge in [-0.05, 0) is 48.5 Å². The maximum atomic E-state index is 13.1. The molecule has 3 aromatic carbocycles. The van der Waals surface area contributed by atoms with Gasteiger partial charge in [0, 0.05) is 42.4 Å². The van der Waals surface area contributed by atoms with Crippen LogP contribution >= 0.6 is 0 Å². The van der Waals surface area contributed by atoms with Gasteiger partial charge in [0.25, 0.3) is 0 Å². The predicted octanol–water partition coefficient (Wildman–Crippen LogP) is 4.96. The van der Waals surface area contributed by atoms with Crippen molar-refractivity contribution in [2.24, 2.45) is 0 Å². The second-order valence-corrected chi connectivity index (χ2v) is 8.14. The molecule has 0 amide bonds. The minimum absolute atomic E-state index is 0.300. The lowest BCUT2D eigenvalue weighted by atomic mass is 10.00. The van der Waals surface area contributed by atoms with Crippen LogP contribution in [0.15, 0.2) is 63.8 Å². The van der Waals surface area contributed by atoms with Gasteiger partial charge in [0.15, 0.2) is 17.3 Å². The third kappa shape index (κ3) is 4.80. The van der Waals surface area contributed by atoms with Crippen LogP contribution in [0.5, 0.6) is 23.0 Å². The van der Waals surface area contributed by atoms with Crippen molar-refractivity contribution in [3.05, 3.63) is 76.1 Å². The zero-order chi connectivity index (χ0) is 25.8. The van der Waals surface area contributed by atoms with E-state index in [4.69, 9.17) is 23.4 Å². The Morgan fingerprint density at radius 3 is 1.83 bits per heavy atom. The van der Waals surface area contributed by atoms with Crippen LogP contribution in [0.2, 0.25) is 0 Å². The largest absolute Gasteiger partial charge is 0.497 e. The third-order valence-corrected chi connectivity index (χ3v) is 5.76. The molecule has 7 nitrogen and oxygen atoms in total. The first kappa shape index (κ1) is 24.6. The second kappa shape index (κ2) is 10.4. The zero-order valence-corrected chi connectivity index (χ0v) is 21.1. The molecule has 0 unspecified atom stereocenters. The first-order valence-electron chi connectivity index (χ1n) is 11.1. The van der Waals surface area contributed by atoms with Crippen LogP contribution in [0, 0.1) is 11.8 Å². The quantitative estimate of drug-likeness (QED) is 0.358. The maximum absolute atomic E-state index is 13.1. The summed E-state index contributed by atoms with van der Waals surface area (Å²) in [5.41, 5.74) is 2.47. The Balaban J connectivity index is 2.02. The molecule has 4 rings (SSSR count). The van der Waals surface area contributed by atoms with Gasteiger partial charge < -0.3 is 28.3 Å². The summed E-state index contributed by atoms with van der Waals surface area (Å²) >= 11 is 0. The molecule has 0 aliphatic carbocycles. The fourth-order valence-electron chi connectivity index (χ4n) is 3.82. The molecular weight excluding hydrogens is 458 g/mol. The van der Waals surface area contributed by atoms with Crippen molar-refractivity contribution < 1.29 is 23.4 Å². The lowest BCUT2D eigenvalue weighted by molar-refractivity contribution is 0.355. The number of nitrogens with zero attached hydrogens (tertiary/aromatic N) is 1. The van der Waals surface area contributed by atoms with Crippen molar-refractivity contribution in [3.8, 4) is 46.2 Å². The molecular formula is C29H27NO6. The zero-order valence-electron chi connectivity index (χ0n) is 21.1. The molecule has 7 heteroatoms. The van der Waals surface area contributed by atoms with E-state index in [1.165, 1.54) is 7.11 Å². The molecule has 1 aromatic heterocycles. The Morgan fingerprint density at radius 1 is 0.722 bits per heavy atom. The highest BCUT2D eigenvalue weighted by atomic mass is 16.5. The van der Waals surface area contributed by atoms with Crippen LogP contribution in [0.1, 0.15) is 11.1 Å². The Labute approximate surface area is 209 Å². The number of benzene rings is 3. The van der Waals surface area contributed by atoms with Gasteiger partial charge in [-0.3, -0.25) is 0 Å². The fourth-order valence-corrected chi connectivity index (χ4v) is 3.82. The molecule has 0 saturated carbocycles. The van der Waals surface area contributed by atoms with Gasteiger partial charge in [-0.25, -0.2) is 4.79 Å². The normalized spacial score (nSPS) is 10.4. The summed E-state index contributed by atoms with van der Waals surface area (Å²) in [6.07, 6.45) is 0. The van der Waals surface area contributed by atoms with E-state index in [2.05, 4.69) is 11.8 Å². The first-order chi connectivity index (χ1) is 17.4. The number of hydrogen-bond acceptors (Lipinski definition) is 7. The molecule has 0 atom stereocenters. The molecule has 4 aromatic rings. The minimum atomic E-state index is -0.524. The summed E-state index contributed by atoms with van der Waals surface area (Å²) < 4.78 is 27.6. The molecule has 36 heavy (non-hydrogen) atoms. The molecule has 0 N–H and O–H groups in total. The predicted molar refractivity (Wildman–Crippen MR) is 141 cm³/mol. The average molecular weight is 486 g/mol. The summed E-state index contributed by atoms with van der Waals surface area (Å²) in [5, 5.41) is 0.914. The van der Waals surface area contributed by atoms with Crippen LogP contribution in [-0.4, -0.2) is 42.5 Å². The molecule has 0 saturated heterocycles. The molecule has 0 aliphatic heterocycles. The van der Waals surface area contributed by atoms with Gasteiger partial charge in [-0.15, -0.1) is 0 Å². The van der Waals surface area contributed by atoms with E-state index in [1.54, 1.807) is 51.7 Å². The number of ether oxygens (including phenoxy) is 4. The standard InChI is InChI=1S/C29H27NO6/c1-30(2)20-10-7-18(8-11-20)9-12-23-24-16-26(34-5)27(35-6)17-25(24)29(31)36-28(23)19-13-21(32-3)15-22(14-19)33-4/h7-8,10-11,13-17H,1-6H3. The van der Waals surface area contributed by atoms with Crippen molar-refractivity contribution in [2.75, 3.05) is 47.4 Å². The molecule has 0 bridgehead atoms. The smallest absolute Gasteiger partial charge is 0.344 e. The Kier molecular flexibility index (Phi) is 7.07. The van der Waals surface area contributed by atoms with Gasteiger partial charge in [0.1, 0.15) is 11.5 Å². The molecule has 1 heterocycles. The highest BCUT2D eigenvalue weighted by Gasteiger charge is 2.19. The van der Waals surface area contributed by atoms with Crippen LogP contribution in [0.25, 0.3) is 22.1 Å². The summed E-state index contributed by atoms with van der Waals surface area (Å²) in [7, 11) is 10.1. The fraction of sp³-hybridized carbons (Fsp3) is 0.207. The maximum Gasteiger partial charge on any atom is 0.344 e. The van der Waals surface area contributed by atoms with Crippen LogP contribution in [-0.2, 0) is 0 Å². The number of hydrogen-bond donors (Lipinski definition) is 0. The third-order valence-electron chi connectivity index (χ3n) is 5.76. The number of rotatable bonds is 6. The number of anilines is 1. The van der Waals surface area contributed by atoms with E-state index >= 15 is 0 Å². The van der Waals surface area contributed by atoms with Gasteiger partial charge >= 0.3 is 5.63 Å². The summed E-state index contributed by atoms with van der Waals surface area (Å²) in [4.78, 5) is 15.1. The van der Waals surface area contributed by atoms with Gasteiger partial charge in [-0.2, -0.15) is 0 Å². The van der Waals surface area contributed by atoms with Gasteiger partial charge in [0.2, 0.25) is 0 Å². The first-order valence-corrected chi connectivity index (χ1v) is 11.1. The Hall–Kier alpha value is -4.57. The molecule has 0 spiro atoms. The van der Waals surface area contributed by atoms with E-state index in [9.17, 15) is 4.79 Å². The lowest BCUT2D eigenvalue weighted by Crippen LogP contribution is -2.07. The van der Waals surface area contributed by atoms with Gasteiger partial charge in [-0.1, -0.05) is 11.8 Å². The molecule has 0 radical (unpaired) electrons. The molecule has 0 aliphatic rings. The van der Waals surface area contributed by atoms with Crippen molar-refractivity contribution >= 4 is 16.5 Å². The highest BCUT2D eigenvalue weighted by molar-refractivity contribution is 5.94. The number of methoxy groups -OCH3 is 4. The SMILES string of the molecule is COc1cc(OC)cc(-c2oc(=O)c3cc(OC)c(OC)cc3c2C#Cc2ccc(N(C)C)cc2)c1. The molecule has 184 valence electrons. The lowest BCUT2D eigenvalue weighted by Gasteiger charge is -2.13.